The Bertz CT molecular complexity index is 587. The SMILES string of the molecule is [CH2]c1cc(F)cc2[nH]cc(/C=C/[N+](=O)[O-])c12. The molecule has 0 spiro atoms. The number of aromatic amines is 1. The van der Waals surface area contributed by atoms with Crippen molar-refractivity contribution < 1.29 is 9.31 Å². The number of benzene rings is 1. The molecule has 4 nitrogen and oxygen atoms in total. The van der Waals surface area contributed by atoms with Gasteiger partial charge in [0.1, 0.15) is 5.82 Å². The van der Waals surface area contributed by atoms with Gasteiger partial charge in [-0.05, 0) is 24.6 Å². The van der Waals surface area contributed by atoms with E-state index in [0.29, 0.717) is 22.0 Å². The summed E-state index contributed by atoms with van der Waals surface area (Å²) in [7, 11) is 0. The first-order valence-corrected chi connectivity index (χ1v) is 4.52. The van der Waals surface area contributed by atoms with Gasteiger partial charge >= 0.3 is 0 Å². The first-order valence-electron chi connectivity index (χ1n) is 4.52. The van der Waals surface area contributed by atoms with Crippen molar-refractivity contribution in [1.29, 1.82) is 0 Å². The molecule has 0 aliphatic rings. The van der Waals surface area contributed by atoms with Crippen LogP contribution >= 0.6 is 0 Å². The minimum atomic E-state index is -0.550. The average molecular weight is 219 g/mol. The lowest BCUT2D eigenvalue weighted by atomic mass is 10.1. The van der Waals surface area contributed by atoms with Crippen molar-refractivity contribution in [2.45, 2.75) is 0 Å². The minimum Gasteiger partial charge on any atom is -0.360 e. The monoisotopic (exact) mass is 219 g/mol. The number of aromatic nitrogens is 1. The van der Waals surface area contributed by atoms with Crippen LogP contribution in [0.5, 0.6) is 0 Å². The van der Waals surface area contributed by atoms with Gasteiger partial charge in [0.25, 0.3) is 0 Å². The smallest absolute Gasteiger partial charge is 0.235 e. The van der Waals surface area contributed by atoms with Crippen molar-refractivity contribution in [1.82, 2.24) is 4.98 Å². The Morgan fingerprint density at radius 2 is 2.25 bits per heavy atom. The Morgan fingerprint density at radius 3 is 2.94 bits per heavy atom. The van der Waals surface area contributed by atoms with Gasteiger partial charge in [-0.15, -0.1) is 0 Å². The molecular weight excluding hydrogens is 211 g/mol. The third-order valence-corrected chi connectivity index (χ3v) is 2.23. The highest BCUT2D eigenvalue weighted by Gasteiger charge is 2.06. The first-order chi connectivity index (χ1) is 7.58. The van der Waals surface area contributed by atoms with E-state index >= 15 is 0 Å². The minimum absolute atomic E-state index is 0.385. The van der Waals surface area contributed by atoms with Gasteiger partial charge in [0.05, 0.1) is 4.92 Å². The number of nitrogens with zero attached hydrogens (tertiary/aromatic N) is 1. The number of hydrogen-bond acceptors (Lipinski definition) is 2. The lowest BCUT2D eigenvalue weighted by Gasteiger charge is -1.97. The quantitative estimate of drug-likeness (QED) is 0.623. The largest absolute Gasteiger partial charge is 0.360 e. The van der Waals surface area contributed by atoms with Crippen molar-refractivity contribution in [3.8, 4) is 0 Å². The predicted molar refractivity (Wildman–Crippen MR) is 58.7 cm³/mol. The zero-order valence-corrected chi connectivity index (χ0v) is 8.24. The van der Waals surface area contributed by atoms with Crippen molar-refractivity contribution in [2.24, 2.45) is 0 Å². The summed E-state index contributed by atoms with van der Waals surface area (Å²) >= 11 is 0. The van der Waals surface area contributed by atoms with E-state index in [4.69, 9.17) is 0 Å². The zero-order valence-electron chi connectivity index (χ0n) is 8.24. The van der Waals surface area contributed by atoms with Crippen LogP contribution < -0.4 is 0 Å². The van der Waals surface area contributed by atoms with E-state index < -0.39 is 4.92 Å². The second-order valence-electron chi connectivity index (χ2n) is 3.33. The molecule has 0 saturated heterocycles. The Morgan fingerprint density at radius 1 is 1.50 bits per heavy atom. The lowest BCUT2D eigenvalue weighted by Crippen LogP contribution is -1.83. The van der Waals surface area contributed by atoms with E-state index in [-0.39, 0.29) is 5.82 Å². The summed E-state index contributed by atoms with van der Waals surface area (Å²) in [5.74, 6) is -0.385. The van der Waals surface area contributed by atoms with Crippen LogP contribution in [0.15, 0.2) is 24.5 Å². The fraction of sp³-hybridized carbons (Fsp3) is 0. The van der Waals surface area contributed by atoms with Crippen LogP contribution in [0.4, 0.5) is 4.39 Å². The van der Waals surface area contributed by atoms with Gasteiger partial charge in [-0.1, -0.05) is 0 Å². The van der Waals surface area contributed by atoms with Crippen molar-refractivity contribution in [3.63, 3.8) is 0 Å². The van der Waals surface area contributed by atoms with Gasteiger partial charge < -0.3 is 4.98 Å². The molecule has 0 atom stereocenters. The Balaban J connectivity index is 2.60. The summed E-state index contributed by atoms with van der Waals surface area (Å²) in [5.41, 5.74) is 1.70. The Hall–Kier alpha value is -2.17. The molecule has 0 saturated carbocycles. The van der Waals surface area contributed by atoms with Crippen molar-refractivity contribution in [2.75, 3.05) is 0 Å². The van der Waals surface area contributed by atoms with Gasteiger partial charge in [0.2, 0.25) is 6.20 Å². The number of H-pyrrole nitrogens is 1. The lowest BCUT2D eigenvalue weighted by molar-refractivity contribution is -0.400. The normalized spacial score (nSPS) is 11.4. The van der Waals surface area contributed by atoms with Crippen LogP contribution in [0.3, 0.4) is 0 Å². The van der Waals surface area contributed by atoms with Crippen LogP contribution in [-0.2, 0) is 0 Å². The van der Waals surface area contributed by atoms with E-state index in [2.05, 4.69) is 11.9 Å². The molecule has 1 N–H and O–H groups in total. The van der Waals surface area contributed by atoms with E-state index in [1.165, 1.54) is 18.2 Å². The van der Waals surface area contributed by atoms with E-state index in [9.17, 15) is 14.5 Å². The van der Waals surface area contributed by atoms with Crippen molar-refractivity contribution >= 4 is 17.0 Å². The molecule has 0 amide bonds. The molecule has 0 aliphatic heterocycles. The van der Waals surface area contributed by atoms with Crippen LogP contribution in [0, 0.1) is 22.9 Å². The number of hydrogen-bond donors (Lipinski definition) is 1. The van der Waals surface area contributed by atoms with E-state index in [0.717, 1.165) is 6.20 Å². The van der Waals surface area contributed by atoms with E-state index in [1.807, 2.05) is 0 Å². The molecule has 5 heteroatoms. The maximum absolute atomic E-state index is 13.0. The fourth-order valence-corrected chi connectivity index (χ4v) is 1.62. The highest BCUT2D eigenvalue weighted by atomic mass is 19.1. The average Bonchev–Trinajstić information content (AvgIpc) is 2.57. The van der Waals surface area contributed by atoms with Gasteiger partial charge in [0, 0.05) is 28.7 Å². The molecule has 0 unspecified atom stereocenters. The maximum atomic E-state index is 13.0. The van der Waals surface area contributed by atoms with Crippen LogP contribution in [-0.4, -0.2) is 9.91 Å². The highest BCUT2D eigenvalue weighted by Crippen LogP contribution is 2.24. The standard InChI is InChI=1S/C11H8FN2O2/c1-7-4-9(12)5-10-11(7)8(6-13-10)2-3-14(15)16/h2-6,13H,1H2/b3-2+. The molecule has 0 fully saturated rings. The summed E-state index contributed by atoms with van der Waals surface area (Å²) in [5, 5.41) is 10.9. The molecule has 0 bridgehead atoms. The van der Waals surface area contributed by atoms with Crippen molar-refractivity contribution in [3.05, 3.63) is 58.5 Å². The molecule has 1 aromatic heterocycles. The number of fused-ring (bicyclic) bond motifs is 1. The highest BCUT2D eigenvalue weighted by molar-refractivity contribution is 5.92. The topological polar surface area (TPSA) is 58.9 Å². The third-order valence-electron chi connectivity index (χ3n) is 2.23. The summed E-state index contributed by atoms with van der Waals surface area (Å²) in [6.07, 6.45) is 3.77. The second-order valence-corrected chi connectivity index (χ2v) is 3.33. The molecule has 16 heavy (non-hydrogen) atoms. The predicted octanol–water partition coefficient (Wildman–Crippen LogP) is 2.74. The van der Waals surface area contributed by atoms with Crippen LogP contribution in [0.1, 0.15) is 11.1 Å². The summed E-state index contributed by atoms with van der Waals surface area (Å²) < 4.78 is 13.0. The van der Waals surface area contributed by atoms with Gasteiger partial charge in [-0.2, -0.15) is 0 Å². The number of rotatable bonds is 2. The van der Waals surface area contributed by atoms with Crippen LogP contribution in [0.2, 0.25) is 0 Å². The summed E-state index contributed by atoms with van der Waals surface area (Å²) in [6.45, 7) is 3.71. The summed E-state index contributed by atoms with van der Waals surface area (Å²) in [4.78, 5) is 12.5. The fourth-order valence-electron chi connectivity index (χ4n) is 1.62. The second kappa shape index (κ2) is 3.77. The van der Waals surface area contributed by atoms with Crippen LogP contribution in [0.25, 0.3) is 17.0 Å². The maximum Gasteiger partial charge on any atom is 0.235 e. The molecule has 81 valence electrons. The van der Waals surface area contributed by atoms with Gasteiger partial charge in [-0.25, -0.2) is 4.39 Å². The molecule has 0 aliphatic carbocycles. The number of halogens is 1. The molecule has 1 radical (unpaired) electrons. The number of nitro groups is 1. The van der Waals surface area contributed by atoms with Gasteiger partial charge in [-0.3, -0.25) is 10.1 Å². The third kappa shape index (κ3) is 1.79. The zero-order chi connectivity index (χ0) is 11.7. The first kappa shape index (κ1) is 10.4. The molecule has 2 aromatic rings. The molecular formula is C11H8FN2O2. The Labute approximate surface area is 90.5 Å². The van der Waals surface area contributed by atoms with E-state index in [1.54, 1.807) is 6.20 Å². The molecule has 1 aromatic carbocycles. The molecule has 1 heterocycles. The summed E-state index contributed by atoms with van der Waals surface area (Å²) in [6, 6.07) is 2.62. The molecule has 2 rings (SSSR count). The number of nitrogens with one attached hydrogen (secondary N) is 1. The van der Waals surface area contributed by atoms with Gasteiger partial charge in [0.15, 0.2) is 0 Å². The Kier molecular flexibility index (Phi) is 2.44.